The van der Waals surface area contributed by atoms with Gasteiger partial charge in [0.1, 0.15) is 11.3 Å². The average molecular weight is 276 g/mol. The minimum atomic E-state index is -3.62. The van der Waals surface area contributed by atoms with Crippen molar-refractivity contribution in [2.45, 2.75) is 31.6 Å². The van der Waals surface area contributed by atoms with Gasteiger partial charge in [-0.2, -0.15) is 8.78 Å². The Morgan fingerprint density at radius 3 is 2.50 bits per heavy atom. The molecule has 0 saturated carbocycles. The van der Waals surface area contributed by atoms with Crippen LogP contribution in [0, 0.1) is 0 Å². The molecule has 2 aromatic rings. The standard InChI is InChI=1S/C11H12ClF2N3O/c1-10(2,3)7-5-17-8(15-7)4-6(11(12,13)14)16-9(17)18/h4-5H,1-3H3,(H,16,18). The van der Waals surface area contributed by atoms with E-state index in [4.69, 9.17) is 11.6 Å². The number of nitrogens with zero attached hydrogens (tertiary/aromatic N) is 2. The molecule has 0 unspecified atom stereocenters. The maximum Gasteiger partial charge on any atom is 0.362 e. The third kappa shape index (κ3) is 2.25. The normalized spacial score (nSPS) is 13.2. The second kappa shape index (κ2) is 3.78. The molecule has 7 heteroatoms. The molecule has 2 aromatic heterocycles. The van der Waals surface area contributed by atoms with Gasteiger partial charge in [0.05, 0.1) is 5.69 Å². The van der Waals surface area contributed by atoms with Gasteiger partial charge in [0.25, 0.3) is 0 Å². The van der Waals surface area contributed by atoms with Crippen molar-refractivity contribution in [3.8, 4) is 0 Å². The van der Waals surface area contributed by atoms with E-state index in [0.29, 0.717) is 5.69 Å². The third-order valence-corrected chi connectivity index (χ3v) is 2.74. The molecule has 0 bridgehead atoms. The average Bonchev–Trinajstić information content (AvgIpc) is 2.59. The topological polar surface area (TPSA) is 50.2 Å². The van der Waals surface area contributed by atoms with E-state index in [0.717, 1.165) is 6.07 Å². The first kappa shape index (κ1) is 13.0. The highest BCUT2D eigenvalue weighted by Gasteiger charge is 2.30. The quantitative estimate of drug-likeness (QED) is 0.814. The molecular weight excluding hydrogens is 264 g/mol. The van der Waals surface area contributed by atoms with E-state index in [2.05, 4.69) is 4.98 Å². The Morgan fingerprint density at radius 1 is 1.39 bits per heavy atom. The molecule has 0 spiro atoms. The molecule has 2 heterocycles. The van der Waals surface area contributed by atoms with Gasteiger partial charge in [-0.1, -0.05) is 20.8 Å². The molecule has 4 nitrogen and oxygen atoms in total. The smallest absolute Gasteiger partial charge is 0.304 e. The molecule has 0 aliphatic carbocycles. The third-order valence-electron chi connectivity index (χ3n) is 2.54. The van der Waals surface area contributed by atoms with Crippen molar-refractivity contribution in [1.29, 1.82) is 0 Å². The van der Waals surface area contributed by atoms with E-state index in [1.165, 1.54) is 10.6 Å². The van der Waals surface area contributed by atoms with Gasteiger partial charge in [0.15, 0.2) is 0 Å². The van der Waals surface area contributed by atoms with Crippen LogP contribution in [0.4, 0.5) is 8.78 Å². The lowest BCUT2D eigenvalue weighted by Crippen LogP contribution is -2.21. The summed E-state index contributed by atoms with van der Waals surface area (Å²) in [6.07, 6.45) is 1.53. The van der Waals surface area contributed by atoms with Crippen molar-refractivity contribution in [1.82, 2.24) is 14.4 Å². The highest BCUT2D eigenvalue weighted by Crippen LogP contribution is 2.30. The second-order valence-corrected chi connectivity index (χ2v) is 5.56. The zero-order valence-corrected chi connectivity index (χ0v) is 10.8. The fraction of sp³-hybridized carbons (Fsp3) is 0.455. The highest BCUT2D eigenvalue weighted by atomic mass is 35.5. The number of nitrogens with one attached hydrogen (secondary N) is 1. The lowest BCUT2D eigenvalue weighted by atomic mass is 9.93. The molecule has 18 heavy (non-hydrogen) atoms. The first-order chi connectivity index (χ1) is 8.09. The number of hydrogen-bond donors (Lipinski definition) is 1. The van der Waals surface area contributed by atoms with Crippen LogP contribution in [-0.4, -0.2) is 14.4 Å². The van der Waals surface area contributed by atoms with Crippen LogP contribution in [0.5, 0.6) is 0 Å². The number of aromatic nitrogens is 3. The Labute approximate surface area is 107 Å². The summed E-state index contributed by atoms with van der Waals surface area (Å²) >= 11 is 4.89. The summed E-state index contributed by atoms with van der Waals surface area (Å²) < 4.78 is 27.1. The molecule has 98 valence electrons. The molecule has 1 N–H and O–H groups in total. The molecule has 0 atom stereocenters. The summed E-state index contributed by atoms with van der Waals surface area (Å²) in [6.45, 7) is 5.75. The predicted octanol–water partition coefficient (Wildman–Crippen LogP) is 2.61. The lowest BCUT2D eigenvalue weighted by Gasteiger charge is -2.13. The van der Waals surface area contributed by atoms with Gasteiger partial charge in [-0.25, -0.2) is 9.78 Å². The van der Waals surface area contributed by atoms with Crippen molar-refractivity contribution in [3.05, 3.63) is 34.1 Å². The maximum absolute atomic E-state index is 13.0. The van der Waals surface area contributed by atoms with Crippen LogP contribution in [-0.2, 0) is 10.8 Å². The van der Waals surface area contributed by atoms with Gasteiger partial charge >= 0.3 is 11.1 Å². The van der Waals surface area contributed by atoms with Crippen molar-refractivity contribution >= 4 is 17.2 Å². The number of H-pyrrole nitrogens is 1. The minimum Gasteiger partial charge on any atom is -0.304 e. The SMILES string of the molecule is CC(C)(C)c1cn2c(=O)[nH]c(C(F)(F)Cl)cc2n1. The Bertz CT molecular complexity index is 649. The zero-order chi connectivity index (χ0) is 13.7. The maximum atomic E-state index is 13.0. The number of hydrogen-bond acceptors (Lipinski definition) is 2. The molecule has 0 aromatic carbocycles. The summed E-state index contributed by atoms with van der Waals surface area (Å²) in [7, 11) is 0. The first-order valence-electron chi connectivity index (χ1n) is 5.29. The van der Waals surface area contributed by atoms with E-state index in [1.54, 1.807) is 0 Å². The van der Waals surface area contributed by atoms with Gasteiger partial charge in [-0.15, -0.1) is 0 Å². The molecule has 0 saturated heterocycles. The molecule has 0 aliphatic heterocycles. The Hall–Kier alpha value is -1.43. The van der Waals surface area contributed by atoms with E-state index in [9.17, 15) is 13.6 Å². The first-order valence-corrected chi connectivity index (χ1v) is 5.67. The summed E-state index contributed by atoms with van der Waals surface area (Å²) in [4.78, 5) is 17.9. The predicted molar refractivity (Wildman–Crippen MR) is 64.3 cm³/mol. The van der Waals surface area contributed by atoms with Crippen molar-refractivity contribution in [3.63, 3.8) is 0 Å². The lowest BCUT2D eigenvalue weighted by molar-refractivity contribution is 0.0896. The molecule has 2 rings (SSSR count). The van der Waals surface area contributed by atoms with Gasteiger partial charge in [-0.05, 0) is 11.6 Å². The fourth-order valence-electron chi connectivity index (χ4n) is 1.51. The van der Waals surface area contributed by atoms with Crippen LogP contribution < -0.4 is 5.69 Å². The van der Waals surface area contributed by atoms with Crippen molar-refractivity contribution in [2.75, 3.05) is 0 Å². The minimum absolute atomic E-state index is 0.152. The second-order valence-electron chi connectivity index (χ2n) is 5.09. The number of alkyl halides is 3. The van der Waals surface area contributed by atoms with Crippen LogP contribution in [0.2, 0.25) is 0 Å². The highest BCUT2D eigenvalue weighted by molar-refractivity contribution is 6.21. The van der Waals surface area contributed by atoms with Gasteiger partial charge in [0, 0.05) is 17.7 Å². The fourth-order valence-corrected chi connectivity index (χ4v) is 1.62. The summed E-state index contributed by atoms with van der Waals surface area (Å²) in [5, 5.41) is -3.62. The Morgan fingerprint density at radius 2 is 2.00 bits per heavy atom. The summed E-state index contributed by atoms with van der Waals surface area (Å²) in [6, 6.07) is 1.07. The van der Waals surface area contributed by atoms with E-state index in [-0.39, 0.29) is 11.1 Å². The zero-order valence-electron chi connectivity index (χ0n) is 10.1. The van der Waals surface area contributed by atoms with Crippen molar-refractivity contribution in [2.24, 2.45) is 0 Å². The summed E-state index contributed by atoms with van der Waals surface area (Å²) in [5.41, 5.74) is -0.831. The number of aromatic amines is 1. The monoisotopic (exact) mass is 275 g/mol. The molecule has 0 aliphatic rings. The summed E-state index contributed by atoms with van der Waals surface area (Å²) in [5.74, 6) is 0. The van der Waals surface area contributed by atoms with E-state index >= 15 is 0 Å². The Kier molecular flexibility index (Phi) is 2.73. The van der Waals surface area contributed by atoms with Crippen LogP contribution in [0.3, 0.4) is 0 Å². The Balaban J connectivity index is 2.71. The number of fused-ring (bicyclic) bond motifs is 1. The molecule has 0 radical (unpaired) electrons. The van der Waals surface area contributed by atoms with Gasteiger partial charge in [-0.3, -0.25) is 4.40 Å². The van der Waals surface area contributed by atoms with Crippen molar-refractivity contribution < 1.29 is 8.78 Å². The largest absolute Gasteiger partial charge is 0.362 e. The van der Waals surface area contributed by atoms with Gasteiger partial charge < -0.3 is 4.98 Å². The number of rotatable bonds is 1. The van der Waals surface area contributed by atoms with Crippen LogP contribution in [0.1, 0.15) is 32.2 Å². The van der Waals surface area contributed by atoms with E-state index < -0.39 is 16.8 Å². The number of halogens is 3. The van der Waals surface area contributed by atoms with Gasteiger partial charge in [0.2, 0.25) is 0 Å². The molecular formula is C11H12ClF2N3O. The van der Waals surface area contributed by atoms with Crippen LogP contribution >= 0.6 is 11.6 Å². The van der Waals surface area contributed by atoms with E-state index in [1.807, 2.05) is 25.8 Å². The molecule has 0 fully saturated rings. The van der Waals surface area contributed by atoms with Crippen LogP contribution in [0.25, 0.3) is 5.65 Å². The van der Waals surface area contributed by atoms with Crippen LogP contribution in [0.15, 0.2) is 17.1 Å². The number of imidazole rings is 1. The molecule has 0 amide bonds.